The molecule has 20 heavy (non-hydrogen) atoms. The number of aryl methyl sites for hydroxylation is 2. The summed E-state index contributed by atoms with van der Waals surface area (Å²) in [6, 6.07) is 10.2. The van der Waals surface area contributed by atoms with Crippen LogP contribution in [-0.4, -0.2) is 9.97 Å². The number of hydrogen-bond donors (Lipinski definition) is 0. The molecule has 0 bridgehead atoms. The summed E-state index contributed by atoms with van der Waals surface area (Å²) in [6.07, 6.45) is 4.09. The molecule has 1 aromatic heterocycles. The molecule has 0 radical (unpaired) electrons. The van der Waals surface area contributed by atoms with Crippen LogP contribution in [0.15, 0.2) is 30.3 Å². The highest BCUT2D eigenvalue weighted by atomic mass is 35.5. The lowest BCUT2D eigenvalue weighted by molar-refractivity contribution is 0.175. The third kappa shape index (κ3) is 2.78. The predicted molar refractivity (Wildman–Crippen MR) is 79.2 cm³/mol. The van der Waals surface area contributed by atoms with Crippen LogP contribution in [0.2, 0.25) is 5.15 Å². The van der Waals surface area contributed by atoms with E-state index in [-0.39, 0.29) is 6.10 Å². The van der Waals surface area contributed by atoms with Crippen molar-refractivity contribution in [1.82, 2.24) is 9.97 Å². The molecule has 0 fully saturated rings. The Morgan fingerprint density at radius 3 is 3.00 bits per heavy atom. The van der Waals surface area contributed by atoms with E-state index < -0.39 is 0 Å². The molecule has 4 heteroatoms. The molecule has 1 aliphatic rings. The smallest absolute Gasteiger partial charge is 0.218 e. The van der Waals surface area contributed by atoms with E-state index in [9.17, 15) is 0 Å². The normalized spacial score (nSPS) is 17.6. The van der Waals surface area contributed by atoms with Crippen LogP contribution in [0.25, 0.3) is 0 Å². The standard InChI is InChI=1S/C16H17ClN2O/c1-2-15-18-14(17)10-16(19-15)20-13-9-5-7-11-6-3-4-8-12(11)13/h3-4,6,8,10,13H,2,5,7,9H2,1H3. The van der Waals surface area contributed by atoms with Crippen LogP contribution in [0.3, 0.4) is 0 Å². The second kappa shape index (κ2) is 5.80. The van der Waals surface area contributed by atoms with Gasteiger partial charge in [-0.15, -0.1) is 0 Å². The first-order valence-corrected chi connectivity index (χ1v) is 7.42. The summed E-state index contributed by atoms with van der Waals surface area (Å²) in [5.74, 6) is 1.29. The number of rotatable bonds is 3. The number of nitrogens with zero attached hydrogens (tertiary/aromatic N) is 2. The highest BCUT2D eigenvalue weighted by Gasteiger charge is 2.22. The number of fused-ring (bicyclic) bond motifs is 1. The fourth-order valence-corrected chi connectivity index (χ4v) is 2.83. The van der Waals surface area contributed by atoms with E-state index in [1.165, 1.54) is 11.1 Å². The topological polar surface area (TPSA) is 35.0 Å². The van der Waals surface area contributed by atoms with E-state index in [1.54, 1.807) is 6.07 Å². The maximum Gasteiger partial charge on any atom is 0.218 e. The van der Waals surface area contributed by atoms with Gasteiger partial charge in [0.05, 0.1) is 0 Å². The van der Waals surface area contributed by atoms with Gasteiger partial charge in [0.1, 0.15) is 17.1 Å². The third-order valence-corrected chi connectivity index (χ3v) is 3.80. The SMILES string of the molecule is CCc1nc(Cl)cc(OC2CCCc3ccccc32)n1. The summed E-state index contributed by atoms with van der Waals surface area (Å²) < 4.78 is 6.07. The van der Waals surface area contributed by atoms with Gasteiger partial charge in [-0.2, -0.15) is 4.98 Å². The summed E-state index contributed by atoms with van der Waals surface area (Å²) in [7, 11) is 0. The van der Waals surface area contributed by atoms with E-state index in [2.05, 4.69) is 34.2 Å². The fraction of sp³-hybridized carbons (Fsp3) is 0.375. The van der Waals surface area contributed by atoms with Crippen LogP contribution in [-0.2, 0) is 12.8 Å². The number of hydrogen-bond acceptors (Lipinski definition) is 3. The van der Waals surface area contributed by atoms with E-state index in [4.69, 9.17) is 16.3 Å². The number of halogens is 1. The highest BCUT2D eigenvalue weighted by Crippen LogP contribution is 2.33. The van der Waals surface area contributed by atoms with Crippen molar-refractivity contribution in [2.45, 2.75) is 38.7 Å². The number of benzene rings is 1. The fourth-order valence-electron chi connectivity index (χ4n) is 2.64. The summed E-state index contributed by atoms with van der Waals surface area (Å²) in [5, 5.41) is 0.441. The predicted octanol–water partition coefficient (Wildman–Crippen LogP) is 4.15. The van der Waals surface area contributed by atoms with Crippen LogP contribution in [0.4, 0.5) is 0 Å². The lowest BCUT2D eigenvalue weighted by Crippen LogP contribution is -2.16. The number of aromatic nitrogens is 2. The molecular formula is C16H17ClN2O. The van der Waals surface area contributed by atoms with Crippen LogP contribution in [0.5, 0.6) is 5.88 Å². The second-order valence-corrected chi connectivity index (χ2v) is 5.38. The summed E-state index contributed by atoms with van der Waals surface area (Å²) in [6.45, 7) is 2.01. The van der Waals surface area contributed by atoms with Crippen molar-refractivity contribution in [3.63, 3.8) is 0 Å². The molecule has 0 saturated heterocycles. The Morgan fingerprint density at radius 1 is 1.30 bits per heavy atom. The maximum atomic E-state index is 6.07. The van der Waals surface area contributed by atoms with Crippen molar-refractivity contribution < 1.29 is 4.74 Å². The molecule has 1 aromatic carbocycles. The van der Waals surface area contributed by atoms with E-state index in [0.29, 0.717) is 11.0 Å². The van der Waals surface area contributed by atoms with E-state index in [0.717, 1.165) is 31.5 Å². The summed E-state index contributed by atoms with van der Waals surface area (Å²) >= 11 is 6.02. The average Bonchev–Trinajstić information content (AvgIpc) is 2.47. The molecule has 0 N–H and O–H groups in total. The average molecular weight is 289 g/mol. The first kappa shape index (κ1) is 13.4. The molecule has 1 aliphatic carbocycles. The first-order valence-electron chi connectivity index (χ1n) is 7.04. The second-order valence-electron chi connectivity index (χ2n) is 5.00. The van der Waals surface area contributed by atoms with Gasteiger partial charge < -0.3 is 4.74 Å². The van der Waals surface area contributed by atoms with E-state index >= 15 is 0 Å². The highest BCUT2D eigenvalue weighted by molar-refractivity contribution is 6.29. The lowest BCUT2D eigenvalue weighted by atomic mass is 9.89. The van der Waals surface area contributed by atoms with Gasteiger partial charge in [0.2, 0.25) is 5.88 Å². The van der Waals surface area contributed by atoms with Gasteiger partial charge in [0.25, 0.3) is 0 Å². The molecule has 1 unspecified atom stereocenters. The quantitative estimate of drug-likeness (QED) is 0.796. The first-order chi connectivity index (χ1) is 9.76. The molecule has 2 aromatic rings. The Labute approximate surface area is 124 Å². The zero-order chi connectivity index (χ0) is 13.9. The van der Waals surface area contributed by atoms with Crippen molar-refractivity contribution in [2.75, 3.05) is 0 Å². The van der Waals surface area contributed by atoms with E-state index in [1.807, 2.05) is 6.92 Å². The molecule has 0 spiro atoms. The Morgan fingerprint density at radius 2 is 2.15 bits per heavy atom. The third-order valence-electron chi connectivity index (χ3n) is 3.61. The number of ether oxygens (including phenoxy) is 1. The van der Waals surface area contributed by atoms with Crippen molar-refractivity contribution in [3.05, 3.63) is 52.4 Å². The molecule has 1 heterocycles. The van der Waals surface area contributed by atoms with Gasteiger partial charge in [-0.25, -0.2) is 4.98 Å². The van der Waals surface area contributed by atoms with Gasteiger partial charge in [0, 0.05) is 12.5 Å². The molecule has 0 aliphatic heterocycles. The molecule has 3 nitrogen and oxygen atoms in total. The molecular weight excluding hydrogens is 272 g/mol. The molecule has 104 valence electrons. The van der Waals surface area contributed by atoms with Gasteiger partial charge in [-0.3, -0.25) is 0 Å². The summed E-state index contributed by atoms with van der Waals surface area (Å²) in [4.78, 5) is 8.57. The minimum atomic E-state index is 0.0654. The Balaban J connectivity index is 1.87. The molecule has 0 saturated carbocycles. The minimum Gasteiger partial charge on any atom is -0.469 e. The van der Waals surface area contributed by atoms with Crippen molar-refractivity contribution in [2.24, 2.45) is 0 Å². The molecule has 0 amide bonds. The van der Waals surface area contributed by atoms with Gasteiger partial charge in [-0.1, -0.05) is 42.8 Å². The molecule has 1 atom stereocenters. The Kier molecular flexibility index (Phi) is 3.88. The monoisotopic (exact) mass is 288 g/mol. The van der Waals surface area contributed by atoms with Crippen molar-refractivity contribution in [3.8, 4) is 5.88 Å². The Bertz CT molecular complexity index is 615. The maximum absolute atomic E-state index is 6.07. The minimum absolute atomic E-state index is 0.0654. The van der Waals surface area contributed by atoms with Crippen LogP contribution in [0.1, 0.15) is 42.8 Å². The Hall–Kier alpha value is -1.61. The van der Waals surface area contributed by atoms with Crippen LogP contribution < -0.4 is 4.74 Å². The van der Waals surface area contributed by atoms with Gasteiger partial charge in [0.15, 0.2) is 0 Å². The van der Waals surface area contributed by atoms with Crippen molar-refractivity contribution in [1.29, 1.82) is 0 Å². The lowest BCUT2D eigenvalue weighted by Gasteiger charge is -2.25. The zero-order valence-corrected chi connectivity index (χ0v) is 12.2. The van der Waals surface area contributed by atoms with Crippen LogP contribution >= 0.6 is 11.6 Å². The van der Waals surface area contributed by atoms with Gasteiger partial charge >= 0.3 is 0 Å². The summed E-state index contributed by atoms with van der Waals surface area (Å²) in [5.41, 5.74) is 2.64. The molecule has 3 rings (SSSR count). The van der Waals surface area contributed by atoms with Gasteiger partial charge in [-0.05, 0) is 30.4 Å². The van der Waals surface area contributed by atoms with Crippen molar-refractivity contribution >= 4 is 11.6 Å². The zero-order valence-electron chi connectivity index (χ0n) is 11.5. The largest absolute Gasteiger partial charge is 0.469 e. The van der Waals surface area contributed by atoms with Crippen LogP contribution in [0, 0.1) is 0 Å².